The fraction of sp³-hybridized carbons (Fsp3) is 0.333. The van der Waals surface area contributed by atoms with Crippen LogP contribution in [-0.4, -0.2) is 31.1 Å². The van der Waals surface area contributed by atoms with E-state index in [4.69, 9.17) is 8.83 Å². The van der Waals surface area contributed by atoms with Gasteiger partial charge in [0.05, 0.1) is 17.7 Å². The topological polar surface area (TPSA) is 99.0 Å². The zero-order valence-electron chi connectivity index (χ0n) is 13.5. The van der Waals surface area contributed by atoms with Crippen molar-refractivity contribution in [3.8, 4) is 11.7 Å². The van der Waals surface area contributed by atoms with Gasteiger partial charge < -0.3 is 14.2 Å². The van der Waals surface area contributed by atoms with Crippen molar-refractivity contribution in [2.45, 2.75) is 37.3 Å². The highest BCUT2D eigenvalue weighted by atomic mass is 32.2. The molecule has 3 heterocycles. The molecule has 0 fully saturated rings. The maximum absolute atomic E-state index is 12.3. The predicted octanol–water partition coefficient (Wildman–Crippen LogP) is 3.23. The minimum Gasteiger partial charge on any atom is -0.459 e. The van der Waals surface area contributed by atoms with Crippen molar-refractivity contribution in [3.05, 3.63) is 30.7 Å². The molecule has 0 saturated carbocycles. The van der Waals surface area contributed by atoms with Gasteiger partial charge in [-0.25, -0.2) is 4.68 Å². The average Bonchev–Trinajstić information content (AvgIpc) is 3.28. The van der Waals surface area contributed by atoms with E-state index in [-0.39, 0.29) is 17.8 Å². The Morgan fingerprint density at radius 3 is 2.83 bits per heavy atom. The molecule has 3 aromatic heterocycles. The fourth-order valence-corrected chi connectivity index (χ4v) is 2.70. The van der Waals surface area contributed by atoms with Crippen LogP contribution in [0.4, 0.5) is 5.82 Å². The van der Waals surface area contributed by atoms with Gasteiger partial charge >= 0.3 is 0 Å². The van der Waals surface area contributed by atoms with Crippen LogP contribution >= 0.6 is 11.8 Å². The fourth-order valence-electron chi connectivity index (χ4n) is 2.01. The lowest BCUT2D eigenvalue weighted by atomic mass is 10.4. The molecular formula is C15H17N5O3S. The number of nitrogens with one attached hydrogen (secondary N) is 1. The molecule has 0 radical (unpaired) electrons. The molecule has 0 aliphatic heterocycles. The summed E-state index contributed by atoms with van der Waals surface area (Å²) >= 11 is 1.18. The van der Waals surface area contributed by atoms with Gasteiger partial charge in [0.2, 0.25) is 5.91 Å². The maximum Gasteiger partial charge on any atom is 0.284 e. The minimum atomic E-state index is -0.412. The second-order valence-electron chi connectivity index (χ2n) is 5.35. The van der Waals surface area contributed by atoms with E-state index in [1.165, 1.54) is 18.0 Å². The summed E-state index contributed by atoms with van der Waals surface area (Å²) in [4.78, 5) is 12.3. The quantitative estimate of drug-likeness (QED) is 0.683. The molecule has 3 aromatic rings. The Morgan fingerprint density at radius 2 is 2.12 bits per heavy atom. The standard InChI is InChI=1S/C15H17N5O3S/c1-9(2)20-12(6-7-16-20)17-13(21)10(3)24-15-19-18-14(23-15)11-5-4-8-22-11/h4-10H,1-3H3,(H,17,21)/t10-/m0/s1. The van der Waals surface area contributed by atoms with Gasteiger partial charge in [0.1, 0.15) is 5.82 Å². The summed E-state index contributed by atoms with van der Waals surface area (Å²) in [5.41, 5.74) is 0. The molecule has 1 N–H and O–H groups in total. The molecule has 0 aliphatic rings. The highest BCUT2D eigenvalue weighted by molar-refractivity contribution is 8.00. The lowest BCUT2D eigenvalue weighted by molar-refractivity contribution is -0.115. The van der Waals surface area contributed by atoms with Crippen molar-refractivity contribution in [2.75, 3.05) is 5.32 Å². The molecule has 0 aromatic carbocycles. The van der Waals surface area contributed by atoms with Crippen molar-refractivity contribution in [3.63, 3.8) is 0 Å². The molecule has 0 aliphatic carbocycles. The number of carbonyl (C=O) groups excluding carboxylic acids is 1. The third-order valence-electron chi connectivity index (χ3n) is 3.20. The summed E-state index contributed by atoms with van der Waals surface area (Å²) in [5, 5.41) is 14.8. The van der Waals surface area contributed by atoms with Gasteiger partial charge in [-0.05, 0) is 32.9 Å². The number of rotatable bonds is 6. The number of anilines is 1. The first-order valence-corrected chi connectivity index (χ1v) is 8.31. The van der Waals surface area contributed by atoms with Crippen LogP contribution in [0.1, 0.15) is 26.8 Å². The molecular weight excluding hydrogens is 330 g/mol. The summed E-state index contributed by atoms with van der Waals surface area (Å²) < 4.78 is 12.4. The molecule has 126 valence electrons. The zero-order chi connectivity index (χ0) is 17.1. The van der Waals surface area contributed by atoms with Crippen LogP contribution in [0.3, 0.4) is 0 Å². The summed E-state index contributed by atoms with van der Waals surface area (Å²) in [6.07, 6.45) is 3.18. The Bertz CT molecular complexity index is 809. The maximum atomic E-state index is 12.3. The molecule has 0 unspecified atom stereocenters. The summed E-state index contributed by atoms with van der Waals surface area (Å²) in [7, 11) is 0. The Balaban J connectivity index is 1.63. The second kappa shape index (κ2) is 6.91. The third-order valence-corrected chi connectivity index (χ3v) is 4.13. The van der Waals surface area contributed by atoms with E-state index in [0.29, 0.717) is 16.8 Å². The smallest absolute Gasteiger partial charge is 0.284 e. The van der Waals surface area contributed by atoms with Crippen LogP contribution < -0.4 is 5.32 Å². The average molecular weight is 347 g/mol. The monoisotopic (exact) mass is 347 g/mol. The van der Waals surface area contributed by atoms with Crippen molar-refractivity contribution >= 4 is 23.5 Å². The van der Waals surface area contributed by atoms with E-state index in [0.717, 1.165) is 0 Å². The third kappa shape index (κ3) is 3.51. The van der Waals surface area contributed by atoms with Gasteiger partial charge in [0, 0.05) is 12.1 Å². The number of amides is 1. The van der Waals surface area contributed by atoms with Crippen LogP contribution in [-0.2, 0) is 4.79 Å². The molecule has 8 nitrogen and oxygen atoms in total. The first-order chi connectivity index (χ1) is 11.5. The minimum absolute atomic E-state index is 0.157. The van der Waals surface area contributed by atoms with Crippen LogP contribution in [0.2, 0.25) is 0 Å². The molecule has 0 saturated heterocycles. The van der Waals surface area contributed by atoms with Crippen LogP contribution in [0, 0.1) is 0 Å². The Kier molecular flexibility index (Phi) is 4.70. The Hall–Kier alpha value is -2.55. The lowest BCUT2D eigenvalue weighted by Crippen LogP contribution is -2.24. The van der Waals surface area contributed by atoms with Crippen molar-refractivity contribution in [1.82, 2.24) is 20.0 Å². The second-order valence-corrected chi connectivity index (χ2v) is 6.65. The summed E-state index contributed by atoms with van der Waals surface area (Å²) in [5.74, 6) is 1.27. The van der Waals surface area contributed by atoms with E-state index < -0.39 is 5.25 Å². The van der Waals surface area contributed by atoms with Gasteiger partial charge in [-0.1, -0.05) is 11.8 Å². The SMILES string of the molecule is CC(C)n1nccc1NC(=O)[C@H](C)Sc1nnc(-c2ccco2)o1. The number of thioether (sulfide) groups is 1. The van der Waals surface area contributed by atoms with Crippen molar-refractivity contribution in [1.29, 1.82) is 0 Å². The molecule has 1 atom stereocenters. The van der Waals surface area contributed by atoms with Crippen molar-refractivity contribution in [2.24, 2.45) is 0 Å². The zero-order valence-corrected chi connectivity index (χ0v) is 14.3. The summed E-state index contributed by atoms with van der Waals surface area (Å²) in [6.45, 7) is 5.76. The number of hydrogen-bond acceptors (Lipinski definition) is 7. The van der Waals surface area contributed by atoms with Crippen molar-refractivity contribution < 1.29 is 13.6 Å². The molecule has 0 bridgehead atoms. The Labute approximate surface area is 142 Å². The molecule has 3 rings (SSSR count). The van der Waals surface area contributed by atoms with E-state index in [9.17, 15) is 4.79 Å². The van der Waals surface area contributed by atoms with Crippen LogP contribution in [0.15, 0.2) is 44.7 Å². The van der Waals surface area contributed by atoms with Gasteiger partial charge in [0.25, 0.3) is 11.1 Å². The van der Waals surface area contributed by atoms with E-state index >= 15 is 0 Å². The lowest BCUT2D eigenvalue weighted by Gasteiger charge is -2.13. The molecule has 1 amide bonds. The summed E-state index contributed by atoms with van der Waals surface area (Å²) in [6, 6.07) is 5.38. The van der Waals surface area contributed by atoms with E-state index in [1.807, 2.05) is 13.8 Å². The van der Waals surface area contributed by atoms with Gasteiger partial charge in [-0.15, -0.1) is 10.2 Å². The Morgan fingerprint density at radius 1 is 1.29 bits per heavy atom. The first kappa shape index (κ1) is 16.3. The predicted molar refractivity (Wildman–Crippen MR) is 88.6 cm³/mol. The van der Waals surface area contributed by atoms with Gasteiger partial charge in [-0.2, -0.15) is 5.10 Å². The van der Waals surface area contributed by atoms with E-state index in [2.05, 4.69) is 20.6 Å². The van der Waals surface area contributed by atoms with Crippen LogP contribution in [0.25, 0.3) is 11.7 Å². The van der Waals surface area contributed by atoms with Gasteiger partial charge in [-0.3, -0.25) is 4.79 Å². The number of carbonyl (C=O) groups is 1. The molecule has 9 heteroatoms. The largest absolute Gasteiger partial charge is 0.459 e. The number of hydrogen-bond donors (Lipinski definition) is 1. The molecule has 24 heavy (non-hydrogen) atoms. The highest BCUT2D eigenvalue weighted by Gasteiger charge is 2.20. The van der Waals surface area contributed by atoms with Crippen LogP contribution in [0.5, 0.6) is 0 Å². The highest BCUT2D eigenvalue weighted by Crippen LogP contribution is 2.27. The number of furan rings is 1. The van der Waals surface area contributed by atoms with Gasteiger partial charge in [0.15, 0.2) is 5.76 Å². The number of aromatic nitrogens is 4. The van der Waals surface area contributed by atoms with E-state index in [1.54, 1.807) is 36.0 Å². The number of nitrogens with zero attached hydrogens (tertiary/aromatic N) is 4. The molecule has 0 spiro atoms. The normalized spacial score (nSPS) is 12.5. The first-order valence-electron chi connectivity index (χ1n) is 7.43.